The smallest absolute Gasteiger partial charge is 0.240 e. The van der Waals surface area contributed by atoms with E-state index in [0.29, 0.717) is 18.0 Å². The van der Waals surface area contributed by atoms with E-state index in [1.165, 1.54) is 12.1 Å². The highest BCUT2D eigenvalue weighted by Crippen LogP contribution is 2.15. The molecule has 118 valence electrons. The molecule has 0 saturated carbocycles. The van der Waals surface area contributed by atoms with E-state index < -0.39 is 10.0 Å². The van der Waals surface area contributed by atoms with Gasteiger partial charge in [0.05, 0.1) is 12.0 Å². The fraction of sp³-hybridized carbons (Fsp3) is 0.250. The lowest BCUT2D eigenvalue weighted by Crippen LogP contribution is -2.25. The largest absolute Gasteiger partial charge is 0.497 e. The molecule has 22 heavy (non-hydrogen) atoms. The van der Waals surface area contributed by atoms with Gasteiger partial charge < -0.3 is 4.74 Å². The molecule has 2 rings (SSSR count). The molecule has 6 heteroatoms. The highest BCUT2D eigenvalue weighted by molar-refractivity contribution is 7.89. The van der Waals surface area contributed by atoms with E-state index in [0.717, 1.165) is 17.7 Å². The number of sulfonamides is 1. The number of ether oxygens (including phenoxy) is 1. The van der Waals surface area contributed by atoms with Crippen LogP contribution in [-0.2, 0) is 16.4 Å². The molecule has 0 aliphatic carbocycles. The third kappa shape index (κ3) is 4.73. The van der Waals surface area contributed by atoms with Crippen LogP contribution in [0.1, 0.15) is 12.0 Å². The Morgan fingerprint density at radius 1 is 1.14 bits per heavy atom. The van der Waals surface area contributed by atoms with Crippen LogP contribution < -0.4 is 9.46 Å². The first-order chi connectivity index (χ1) is 10.5. The summed E-state index contributed by atoms with van der Waals surface area (Å²) in [5, 5.41) is 0.511. The molecule has 0 unspecified atom stereocenters. The van der Waals surface area contributed by atoms with Gasteiger partial charge in [-0.25, -0.2) is 13.1 Å². The van der Waals surface area contributed by atoms with E-state index in [-0.39, 0.29) is 4.90 Å². The van der Waals surface area contributed by atoms with Gasteiger partial charge in [-0.3, -0.25) is 0 Å². The average molecular weight is 340 g/mol. The van der Waals surface area contributed by atoms with Gasteiger partial charge in [0.25, 0.3) is 0 Å². The van der Waals surface area contributed by atoms with Crippen molar-refractivity contribution in [2.24, 2.45) is 0 Å². The van der Waals surface area contributed by atoms with Crippen LogP contribution in [-0.4, -0.2) is 22.1 Å². The summed E-state index contributed by atoms with van der Waals surface area (Å²) in [5.74, 6) is 0.805. The van der Waals surface area contributed by atoms with Crippen LogP contribution in [0.4, 0.5) is 0 Å². The summed E-state index contributed by atoms with van der Waals surface area (Å²) in [6.45, 7) is 0.377. The van der Waals surface area contributed by atoms with Crippen LogP contribution in [0.15, 0.2) is 53.4 Å². The Balaban J connectivity index is 1.86. The van der Waals surface area contributed by atoms with Crippen molar-refractivity contribution in [1.29, 1.82) is 0 Å². The van der Waals surface area contributed by atoms with Crippen molar-refractivity contribution < 1.29 is 13.2 Å². The second-order valence-electron chi connectivity index (χ2n) is 4.81. The van der Waals surface area contributed by atoms with Crippen LogP contribution in [0.3, 0.4) is 0 Å². The summed E-state index contributed by atoms with van der Waals surface area (Å²) in [5.41, 5.74) is 1.12. The molecule has 0 atom stereocenters. The second kappa shape index (κ2) is 7.63. The predicted molar refractivity (Wildman–Crippen MR) is 88.0 cm³/mol. The van der Waals surface area contributed by atoms with Gasteiger partial charge in [-0.05, 0) is 54.8 Å². The normalized spacial score (nSPS) is 11.4. The number of halogens is 1. The summed E-state index contributed by atoms with van der Waals surface area (Å²) in [6.07, 6.45) is 1.49. The van der Waals surface area contributed by atoms with E-state index in [2.05, 4.69) is 4.72 Å². The summed E-state index contributed by atoms with van der Waals surface area (Å²) >= 11 is 5.76. The third-order valence-electron chi connectivity index (χ3n) is 3.19. The Bertz CT molecular complexity index is 714. The fourth-order valence-electron chi connectivity index (χ4n) is 2.02. The third-order valence-corrected chi connectivity index (χ3v) is 4.92. The molecular formula is C16H18ClNO3S. The fourth-order valence-corrected chi connectivity index (χ4v) is 3.22. The van der Waals surface area contributed by atoms with Gasteiger partial charge in [-0.15, -0.1) is 0 Å². The minimum atomic E-state index is -3.48. The van der Waals surface area contributed by atoms with Crippen molar-refractivity contribution in [3.63, 3.8) is 0 Å². The molecule has 0 fully saturated rings. The molecule has 2 aromatic carbocycles. The molecule has 0 spiro atoms. The van der Waals surface area contributed by atoms with Gasteiger partial charge in [0.2, 0.25) is 10.0 Å². The Kier molecular flexibility index (Phi) is 5.83. The van der Waals surface area contributed by atoms with E-state index in [4.69, 9.17) is 16.3 Å². The van der Waals surface area contributed by atoms with Crippen molar-refractivity contribution in [3.05, 3.63) is 59.1 Å². The van der Waals surface area contributed by atoms with Gasteiger partial charge in [-0.1, -0.05) is 23.7 Å². The Morgan fingerprint density at radius 2 is 1.86 bits per heavy atom. The SMILES string of the molecule is COc1cccc(CCCNS(=O)(=O)c2ccc(Cl)cc2)c1. The number of nitrogens with one attached hydrogen (secondary N) is 1. The maximum Gasteiger partial charge on any atom is 0.240 e. The zero-order valence-electron chi connectivity index (χ0n) is 12.3. The van der Waals surface area contributed by atoms with Crippen molar-refractivity contribution >= 4 is 21.6 Å². The maximum absolute atomic E-state index is 12.1. The molecular weight excluding hydrogens is 322 g/mol. The Hall–Kier alpha value is -1.56. The van der Waals surface area contributed by atoms with Crippen LogP contribution in [0.5, 0.6) is 5.75 Å². The van der Waals surface area contributed by atoms with E-state index in [1.54, 1.807) is 19.2 Å². The van der Waals surface area contributed by atoms with Crippen molar-refractivity contribution in [2.75, 3.05) is 13.7 Å². The van der Waals surface area contributed by atoms with Gasteiger partial charge >= 0.3 is 0 Å². The summed E-state index contributed by atoms with van der Waals surface area (Å²) in [6, 6.07) is 13.9. The zero-order valence-corrected chi connectivity index (χ0v) is 13.8. The predicted octanol–water partition coefficient (Wildman–Crippen LogP) is 3.26. The van der Waals surface area contributed by atoms with Crippen molar-refractivity contribution in [2.45, 2.75) is 17.7 Å². The molecule has 0 heterocycles. The number of rotatable bonds is 7. The van der Waals surface area contributed by atoms with Crippen LogP contribution in [0.2, 0.25) is 5.02 Å². The Morgan fingerprint density at radius 3 is 2.55 bits per heavy atom. The molecule has 0 aromatic heterocycles. The standard InChI is InChI=1S/C16H18ClNO3S/c1-21-15-6-2-4-13(12-15)5-3-11-18-22(19,20)16-9-7-14(17)8-10-16/h2,4,6-10,12,18H,3,5,11H2,1H3. The summed E-state index contributed by atoms with van der Waals surface area (Å²) in [4.78, 5) is 0.221. The number of hydrogen-bond acceptors (Lipinski definition) is 3. The summed E-state index contributed by atoms with van der Waals surface area (Å²) in [7, 11) is -1.85. The zero-order chi connectivity index (χ0) is 16.0. The van der Waals surface area contributed by atoms with Gasteiger partial charge in [0.1, 0.15) is 5.75 Å². The van der Waals surface area contributed by atoms with E-state index >= 15 is 0 Å². The maximum atomic E-state index is 12.1. The molecule has 1 N–H and O–H groups in total. The Labute approximate surface area is 136 Å². The second-order valence-corrected chi connectivity index (χ2v) is 7.01. The molecule has 0 radical (unpaired) electrons. The highest BCUT2D eigenvalue weighted by Gasteiger charge is 2.12. The first kappa shape index (κ1) is 16.8. The van der Waals surface area contributed by atoms with E-state index in [1.807, 2.05) is 24.3 Å². The first-order valence-electron chi connectivity index (χ1n) is 6.89. The lowest BCUT2D eigenvalue weighted by atomic mass is 10.1. The molecule has 0 aliphatic rings. The van der Waals surface area contributed by atoms with Gasteiger partial charge in [-0.2, -0.15) is 0 Å². The molecule has 0 saturated heterocycles. The molecule has 0 aliphatic heterocycles. The van der Waals surface area contributed by atoms with Gasteiger partial charge in [0, 0.05) is 11.6 Å². The van der Waals surface area contributed by atoms with Crippen molar-refractivity contribution in [3.8, 4) is 5.75 Å². The minimum Gasteiger partial charge on any atom is -0.497 e. The lowest BCUT2D eigenvalue weighted by molar-refractivity contribution is 0.414. The quantitative estimate of drug-likeness (QED) is 0.788. The van der Waals surface area contributed by atoms with Crippen LogP contribution in [0, 0.1) is 0 Å². The van der Waals surface area contributed by atoms with Crippen molar-refractivity contribution in [1.82, 2.24) is 4.72 Å². The minimum absolute atomic E-state index is 0.221. The monoisotopic (exact) mass is 339 g/mol. The lowest BCUT2D eigenvalue weighted by Gasteiger charge is -2.07. The first-order valence-corrected chi connectivity index (χ1v) is 8.75. The number of aryl methyl sites for hydroxylation is 1. The number of hydrogen-bond donors (Lipinski definition) is 1. The molecule has 2 aromatic rings. The molecule has 0 amide bonds. The summed E-state index contributed by atoms with van der Waals surface area (Å²) < 4.78 is 31.9. The molecule has 0 bridgehead atoms. The van der Waals surface area contributed by atoms with Crippen LogP contribution >= 0.6 is 11.6 Å². The molecule has 4 nitrogen and oxygen atoms in total. The average Bonchev–Trinajstić information content (AvgIpc) is 2.52. The highest BCUT2D eigenvalue weighted by atomic mass is 35.5. The topological polar surface area (TPSA) is 55.4 Å². The van der Waals surface area contributed by atoms with Gasteiger partial charge in [0.15, 0.2) is 0 Å². The van der Waals surface area contributed by atoms with E-state index in [9.17, 15) is 8.42 Å². The number of methoxy groups -OCH3 is 1. The van der Waals surface area contributed by atoms with Crippen LogP contribution in [0.25, 0.3) is 0 Å². The number of benzene rings is 2.